The summed E-state index contributed by atoms with van der Waals surface area (Å²) in [6.07, 6.45) is 0. The maximum atomic E-state index is 6.33. The molecular weight excluding hydrogens is 587 g/mol. The maximum absolute atomic E-state index is 6.33. The van der Waals surface area contributed by atoms with Crippen molar-refractivity contribution in [2.24, 2.45) is 0 Å². The lowest BCUT2D eigenvalue weighted by Crippen LogP contribution is -2.03. The summed E-state index contributed by atoms with van der Waals surface area (Å²) in [4.78, 5) is 10.6. The molecule has 48 heavy (non-hydrogen) atoms. The monoisotopic (exact) mass is 611 g/mol. The Morgan fingerprint density at radius 3 is 2.00 bits per heavy atom. The Bertz CT molecular complexity index is 3130. The summed E-state index contributed by atoms with van der Waals surface area (Å²) >= 11 is 0. The lowest BCUT2D eigenvalue weighted by molar-refractivity contribution is 0.669. The van der Waals surface area contributed by atoms with Crippen molar-refractivity contribution < 1.29 is 4.42 Å². The van der Waals surface area contributed by atoms with Crippen molar-refractivity contribution in [2.75, 3.05) is 0 Å². The molecule has 222 valence electrons. The van der Waals surface area contributed by atoms with Gasteiger partial charge in [-0.15, -0.1) is 0 Å². The van der Waals surface area contributed by atoms with E-state index in [9.17, 15) is 0 Å². The van der Waals surface area contributed by atoms with Gasteiger partial charge in [-0.25, -0.2) is 9.97 Å². The summed E-state index contributed by atoms with van der Waals surface area (Å²) in [7, 11) is 0. The molecule has 0 aliphatic heterocycles. The lowest BCUT2D eigenvalue weighted by atomic mass is 9.95. The first-order valence-electron chi connectivity index (χ1n) is 16.2. The third kappa shape index (κ3) is 3.54. The molecule has 11 aromatic rings. The Morgan fingerprint density at radius 1 is 0.417 bits per heavy atom. The number of rotatable bonds is 2. The van der Waals surface area contributed by atoms with Gasteiger partial charge in [-0.2, -0.15) is 0 Å². The minimum atomic E-state index is 0.793. The highest BCUT2D eigenvalue weighted by Crippen LogP contribution is 2.41. The first-order chi connectivity index (χ1) is 23.8. The number of nitrogens with zero attached hydrogens (tertiary/aromatic N) is 3. The number of fused-ring (bicyclic) bond motifs is 12. The highest BCUT2D eigenvalue weighted by molar-refractivity contribution is 6.24. The Labute approximate surface area is 274 Å². The number of para-hydroxylation sites is 4. The van der Waals surface area contributed by atoms with Crippen LogP contribution in [0, 0.1) is 0 Å². The zero-order valence-corrected chi connectivity index (χ0v) is 25.7. The molecule has 3 heterocycles. The molecule has 0 spiro atoms. The first-order valence-corrected chi connectivity index (χ1v) is 16.2. The van der Waals surface area contributed by atoms with E-state index in [1.807, 2.05) is 36.4 Å². The molecule has 0 N–H and O–H groups in total. The van der Waals surface area contributed by atoms with Crippen LogP contribution in [0.5, 0.6) is 0 Å². The number of furan rings is 1. The van der Waals surface area contributed by atoms with Gasteiger partial charge in [0, 0.05) is 27.1 Å². The molecule has 0 aliphatic rings. The molecule has 0 atom stereocenters. The van der Waals surface area contributed by atoms with E-state index in [1.165, 1.54) is 43.1 Å². The van der Waals surface area contributed by atoms with E-state index in [0.717, 1.165) is 61.1 Å². The van der Waals surface area contributed by atoms with Crippen LogP contribution >= 0.6 is 0 Å². The zero-order chi connectivity index (χ0) is 31.3. The van der Waals surface area contributed by atoms with Crippen LogP contribution in [-0.4, -0.2) is 14.5 Å². The Kier molecular flexibility index (Phi) is 5.08. The molecule has 0 aliphatic carbocycles. The molecule has 3 aromatic heterocycles. The van der Waals surface area contributed by atoms with Gasteiger partial charge in [0.05, 0.1) is 22.1 Å². The molecule has 4 heteroatoms. The van der Waals surface area contributed by atoms with Crippen molar-refractivity contribution in [2.45, 2.75) is 0 Å². The topological polar surface area (TPSA) is 43.9 Å². The van der Waals surface area contributed by atoms with E-state index < -0.39 is 0 Å². The minimum absolute atomic E-state index is 0.793. The molecule has 0 saturated heterocycles. The third-order valence-corrected chi connectivity index (χ3v) is 9.93. The summed E-state index contributed by atoms with van der Waals surface area (Å²) in [5.41, 5.74) is 7.37. The predicted molar refractivity (Wildman–Crippen MR) is 199 cm³/mol. The van der Waals surface area contributed by atoms with E-state index in [1.54, 1.807) is 0 Å². The molecule has 11 rings (SSSR count). The normalized spacial score (nSPS) is 12.2. The average Bonchev–Trinajstić information content (AvgIpc) is 3.68. The summed E-state index contributed by atoms with van der Waals surface area (Å²) in [5, 5.41) is 12.1. The summed E-state index contributed by atoms with van der Waals surface area (Å²) in [6.45, 7) is 0. The number of hydrogen-bond acceptors (Lipinski definition) is 3. The van der Waals surface area contributed by atoms with Gasteiger partial charge in [-0.3, -0.25) is 4.57 Å². The minimum Gasteiger partial charge on any atom is -0.456 e. The van der Waals surface area contributed by atoms with Crippen molar-refractivity contribution in [3.63, 3.8) is 0 Å². The standard InChI is InChI=1S/C44H25N3O/c1-2-10-30-26(9-1)17-18-27-19-20-28-23-39-35(25-34(28)42(27)30)31-11-3-7-15-38(31)47(39)44-43(45-36-13-5-6-14-37(36)46-44)29-21-22-33-32-12-4-8-16-40(32)48-41(33)24-29/h1-25H. The van der Waals surface area contributed by atoms with Gasteiger partial charge in [0.25, 0.3) is 0 Å². The molecule has 8 aromatic carbocycles. The second kappa shape index (κ2) is 9.50. The number of aromatic nitrogens is 3. The fraction of sp³-hybridized carbons (Fsp3) is 0. The lowest BCUT2D eigenvalue weighted by Gasteiger charge is -2.14. The quantitative estimate of drug-likeness (QED) is 0.183. The first kappa shape index (κ1) is 25.6. The van der Waals surface area contributed by atoms with Crippen molar-refractivity contribution >= 4 is 87.1 Å². The van der Waals surface area contributed by atoms with Gasteiger partial charge >= 0.3 is 0 Å². The highest BCUT2D eigenvalue weighted by Gasteiger charge is 2.21. The van der Waals surface area contributed by atoms with Crippen LogP contribution in [0.3, 0.4) is 0 Å². The van der Waals surface area contributed by atoms with Crippen molar-refractivity contribution in [3.8, 4) is 17.1 Å². The smallest absolute Gasteiger partial charge is 0.165 e. The molecule has 0 saturated carbocycles. The molecular formula is C44H25N3O. The fourth-order valence-corrected chi connectivity index (χ4v) is 7.73. The van der Waals surface area contributed by atoms with E-state index in [4.69, 9.17) is 14.4 Å². The van der Waals surface area contributed by atoms with Crippen LogP contribution in [-0.2, 0) is 0 Å². The van der Waals surface area contributed by atoms with Crippen LogP contribution < -0.4 is 0 Å². The van der Waals surface area contributed by atoms with Gasteiger partial charge in [0.2, 0.25) is 0 Å². The van der Waals surface area contributed by atoms with Gasteiger partial charge in [-0.05, 0) is 80.8 Å². The Balaban J connectivity index is 1.26. The zero-order valence-electron chi connectivity index (χ0n) is 25.7. The number of hydrogen-bond donors (Lipinski definition) is 0. The Hall–Kier alpha value is -6.52. The molecule has 4 nitrogen and oxygen atoms in total. The van der Waals surface area contributed by atoms with Crippen molar-refractivity contribution in [1.29, 1.82) is 0 Å². The molecule has 0 radical (unpaired) electrons. The second-order valence-electron chi connectivity index (χ2n) is 12.6. The largest absolute Gasteiger partial charge is 0.456 e. The van der Waals surface area contributed by atoms with Crippen molar-refractivity contribution in [1.82, 2.24) is 14.5 Å². The third-order valence-electron chi connectivity index (χ3n) is 9.93. The highest BCUT2D eigenvalue weighted by atomic mass is 16.3. The van der Waals surface area contributed by atoms with Crippen LogP contribution in [0.2, 0.25) is 0 Å². The molecule has 0 unspecified atom stereocenters. The summed E-state index contributed by atoms with van der Waals surface area (Å²) in [6, 6.07) is 53.7. The van der Waals surface area contributed by atoms with Gasteiger partial charge in [0.1, 0.15) is 16.9 Å². The average molecular weight is 612 g/mol. The summed E-state index contributed by atoms with van der Waals surface area (Å²) in [5.74, 6) is 0.793. The Morgan fingerprint density at radius 2 is 1.10 bits per heavy atom. The number of benzene rings is 8. The van der Waals surface area contributed by atoms with Crippen molar-refractivity contribution in [3.05, 3.63) is 152 Å². The van der Waals surface area contributed by atoms with Crippen LogP contribution in [0.15, 0.2) is 156 Å². The fourth-order valence-electron chi connectivity index (χ4n) is 7.73. The van der Waals surface area contributed by atoms with Crippen LogP contribution in [0.25, 0.3) is 104 Å². The SMILES string of the molecule is c1ccc2c(c1)ccc1ccc3cc4c(cc3c12)c1ccccc1n4-c1nc2ccccc2nc1-c1ccc2c(c1)oc1ccccc12. The predicted octanol–water partition coefficient (Wildman–Crippen LogP) is 11.8. The molecule has 0 amide bonds. The second-order valence-corrected chi connectivity index (χ2v) is 12.6. The van der Waals surface area contributed by atoms with E-state index in [-0.39, 0.29) is 0 Å². The summed E-state index contributed by atoms with van der Waals surface area (Å²) < 4.78 is 8.63. The van der Waals surface area contributed by atoms with Crippen LogP contribution in [0.1, 0.15) is 0 Å². The van der Waals surface area contributed by atoms with Crippen LogP contribution in [0.4, 0.5) is 0 Å². The molecule has 0 fully saturated rings. The van der Waals surface area contributed by atoms with E-state index in [2.05, 4.69) is 120 Å². The maximum Gasteiger partial charge on any atom is 0.165 e. The van der Waals surface area contributed by atoms with Gasteiger partial charge in [0.15, 0.2) is 5.82 Å². The van der Waals surface area contributed by atoms with E-state index in [0.29, 0.717) is 0 Å². The van der Waals surface area contributed by atoms with Gasteiger partial charge in [-0.1, -0.05) is 103 Å². The van der Waals surface area contributed by atoms with Gasteiger partial charge < -0.3 is 4.42 Å². The van der Waals surface area contributed by atoms with E-state index >= 15 is 0 Å². The molecule has 0 bridgehead atoms.